The van der Waals surface area contributed by atoms with Gasteiger partial charge in [0.15, 0.2) is 0 Å². The van der Waals surface area contributed by atoms with E-state index in [4.69, 9.17) is 9.47 Å². The van der Waals surface area contributed by atoms with Crippen LogP contribution in [0.5, 0.6) is 11.5 Å². The Bertz CT molecular complexity index is 1460. The molecule has 36 heavy (non-hydrogen) atoms. The second-order valence-corrected chi connectivity index (χ2v) is 9.27. The number of carbonyl (C=O) groups excluding carboxylic acids is 2. The van der Waals surface area contributed by atoms with E-state index >= 15 is 0 Å². The minimum absolute atomic E-state index is 0.0234. The molecule has 2 atom stereocenters. The molecule has 0 radical (unpaired) electrons. The van der Waals surface area contributed by atoms with Crippen molar-refractivity contribution < 1.29 is 19.1 Å². The van der Waals surface area contributed by atoms with Crippen LogP contribution in [0.3, 0.4) is 0 Å². The summed E-state index contributed by atoms with van der Waals surface area (Å²) in [7, 11) is 3.24. The van der Waals surface area contributed by atoms with Crippen molar-refractivity contribution in [2.75, 3.05) is 20.8 Å². The summed E-state index contributed by atoms with van der Waals surface area (Å²) in [5.41, 5.74) is 4.88. The Kier molecular flexibility index (Phi) is 5.40. The molecule has 1 fully saturated rings. The highest BCUT2D eigenvalue weighted by Crippen LogP contribution is 2.43. The first-order valence-corrected chi connectivity index (χ1v) is 12.0. The Morgan fingerprint density at radius 1 is 0.917 bits per heavy atom. The quantitative estimate of drug-likeness (QED) is 0.466. The minimum atomic E-state index is -0.584. The summed E-state index contributed by atoms with van der Waals surface area (Å²) in [5.74, 6) is 1.33. The van der Waals surface area contributed by atoms with Gasteiger partial charge in [0.2, 0.25) is 11.8 Å². The van der Waals surface area contributed by atoms with Gasteiger partial charge in [0.1, 0.15) is 24.1 Å². The third-order valence-corrected chi connectivity index (χ3v) is 7.33. The maximum absolute atomic E-state index is 13.9. The first kappa shape index (κ1) is 22.2. The molecule has 0 bridgehead atoms. The molecule has 182 valence electrons. The summed E-state index contributed by atoms with van der Waals surface area (Å²) in [6, 6.07) is 22.5. The van der Waals surface area contributed by atoms with Crippen molar-refractivity contribution in [1.82, 2.24) is 14.8 Å². The molecule has 7 heteroatoms. The normalized spacial score (nSPS) is 19.3. The van der Waals surface area contributed by atoms with Gasteiger partial charge in [0.05, 0.1) is 20.3 Å². The van der Waals surface area contributed by atoms with Gasteiger partial charge < -0.3 is 24.3 Å². The molecule has 7 nitrogen and oxygen atoms in total. The fourth-order valence-corrected chi connectivity index (χ4v) is 5.63. The smallest absolute Gasteiger partial charge is 0.246 e. The van der Waals surface area contributed by atoms with E-state index in [1.165, 1.54) is 0 Å². The summed E-state index contributed by atoms with van der Waals surface area (Å²) in [6.45, 7) is 0.350. The van der Waals surface area contributed by atoms with E-state index in [0.29, 0.717) is 18.7 Å². The van der Waals surface area contributed by atoms with Gasteiger partial charge in [-0.05, 0) is 35.4 Å². The van der Waals surface area contributed by atoms with Crippen molar-refractivity contribution in [3.63, 3.8) is 0 Å². The number of aromatic amines is 1. The fraction of sp³-hybridized carbons (Fsp3) is 0.241. The van der Waals surface area contributed by atoms with Crippen LogP contribution in [-0.2, 0) is 22.6 Å². The number of nitrogens with zero attached hydrogens (tertiary/aromatic N) is 2. The number of H-pyrrole nitrogens is 1. The SMILES string of the molecule is COc1ccc(C2c3[nH]c4ccccc4c3CC3C(=O)N(Cc4ccccc4OC)CC(=O)N32)cc1. The number of hydrogen-bond acceptors (Lipinski definition) is 4. The Balaban J connectivity index is 1.44. The number of aromatic nitrogens is 1. The van der Waals surface area contributed by atoms with Gasteiger partial charge in [-0.1, -0.05) is 48.5 Å². The Hall–Kier alpha value is -4.26. The third kappa shape index (κ3) is 3.50. The van der Waals surface area contributed by atoms with E-state index in [1.807, 2.05) is 66.7 Å². The molecule has 0 aliphatic carbocycles. The molecule has 3 heterocycles. The molecule has 2 aliphatic rings. The average molecular weight is 482 g/mol. The number of fused-ring (bicyclic) bond motifs is 4. The Morgan fingerprint density at radius 2 is 1.67 bits per heavy atom. The van der Waals surface area contributed by atoms with Crippen LogP contribution in [0.1, 0.15) is 28.4 Å². The predicted molar refractivity (Wildman–Crippen MR) is 136 cm³/mol. The first-order valence-electron chi connectivity index (χ1n) is 12.0. The maximum Gasteiger partial charge on any atom is 0.246 e. The van der Waals surface area contributed by atoms with Crippen LogP contribution in [0, 0.1) is 0 Å². The highest BCUT2D eigenvalue weighted by molar-refractivity contribution is 5.97. The van der Waals surface area contributed by atoms with Crippen LogP contribution >= 0.6 is 0 Å². The number of carbonyl (C=O) groups is 2. The molecule has 1 saturated heterocycles. The molecule has 0 saturated carbocycles. The molecular weight excluding hydrogens is 454 g/mol. The lowest BCUT2D eigenvalue weighted by Crippen LogP contribution is -2.62. The van der Waals surface area contributed by atoms with E-state index in [-0.39, 0.29) is 24.4 Å². The third-order valence-electron chi connectivity index (χ3n) is 7.33. The number of piperazine rings is 1. The molecule has 6 rings (SSSR count). The van der Waals surface area contributed by atoms with Crippen LogP contribution in [-0.4, -0.2) is 53.4 Å². The summed E-state index contributed by atoms with van der Waals surface area (Å²) < 4.78 is 10.8. The summed E-state index contributed by atoms with van der Waals surface area (Å²) >= 11 is 0. The van der Waals surface area contributed by atoms with E-state index in [2.05, 4.69) is 11.1 Å². The van der Waals surface area contributed by atoms with Crippen molar-refractivity contribution in [3.8, 4) is 11.5 Å². The van der Waals surface area contributed by atoms with Crippen molar-refractivity contribution in [2.24, 2.45) is 0 Å². The molecule has 3 aromatic carbocycles. The largest absolute Gasteiger partial charge is 0.497 e. The zero-order chi connectivity index (χ0) is 24.8. The summed E-state index contributed by atoms with van der Waals surface area (Å²) in [6.07, 6.45) is 0.471. The van der Waals surface area contributed by atoms with Gasteiger partial charge >= 0.3 is 0 Å². The fourth-order valence-electron chi connectivity index (χ4n) is 5.63. The zero-order valence-corrected chi connectivity index (χ0v) is 20.2. The molecule has 0 spiro atoms. The lowest BCUT2D eigenvalue weighted by molar-refractivity contribution is -0.159. The van der Waals surface area contributed by atoms with Crippen LogP contribution in [0.25, 0.3) is 10.9 Å². The number of benzene rings is 3. The monoisotopic (exact) mass is 481 g/mol. The second-order valence-electron chi connectivity index (χ2n) is 9.27. The Morgan fingerprint density at radius 3 is 2.44 bits per heavy atom. The second kappa shape index (κ2) is 8.75. The summed E-state index contributed by atoms with van der Waals surface area (Å²) in [4.78, 5) is 34.6. The molecule has 1 N–H and O–H groups in total. The molecule has 2 amide bonds. The first-order chi connectivity index (χ1) is 17.6. The maximum atomic E-state index is 13.9. The van der Waals surface area contributed by atoms with Crippen molar-refractivity contribution in [1.29, 1.82) is 0 Å². The standard InChI is InChI=1S/C29H27N3O4/c1-35-20-13-11-18(12-14-20)28-27-22(21-8-4-5-9-23(21)30-27)15-24-29(34)31(17-26(33)32(24)28)16-19-7-3-6-10-25(19)36-2/h3-14,24,28,30H,15-17H2,1-2H3. The van der Waals surface area contributed by atoms with Crippen LogP contribution in [0.15, 0.2) is 72.8 Å². The summed E-state index contributed by atoms with van der Waals surface area (Å²) in [5, 5.41) is 1.09. The average Bonchev–Trinajstić information content (AvgIpc) is 3.29. The van der Waals surface area contributed by atoms with E-state index in [9.17, 15) is 9.59 Å². The lowest BCUT2D eigenvalue weighted by Gasteiger charge is -2.47. The van der Waals surface area contributed by atoms with Gasteiger partial charge in [-0.25, -0.2) is 0 Å². The van der Waals surface area contributed by atoms with Crippen molar-refractivity contribution in [3.05, 3.63) is 95.2 Å². The molecular formula is C29H27N3O4. The number of para-hydroxylation sites is 2. The predicted octanol–water partition coefficient (Wildman–Crippen LogP) is 4.07. The van der Waals surface area contributed by atoms with Gasteiger partial charge in [-0.2, -0.15) is 0 Å². The van der Waals surface area contributed by atoms with E-state index in [1.54, 1.807) is 24.0 Å². The van der Waals surface area contributed by atoms with E-state index < -0.39 is 6.04 Å². The molecule has 4 aromatic rings. The molecule has 1 aromatic heterocycles. The van der Waals surface area contributed by atoms with Crippen LogP contribution in [0.4, 0.5) is 0 Å². The number of ether oxygens (including phenoxy) is 2. The number of nitrogens with one attached hydrogen (secondary N) is 1. The number of amides is 2. The van der Waals surface area contributed by atoms with E-state index in [0.717, 1.165) is 39.0 Å². The van der Waals surface area contributed by atoms with Crippen LogP contribution in [0.2, 0.25) is 0 Å². The van der Waals surface area contributed by atoms with Gasteiger partial charge in [0.25, 0.3) is 0 Å². The van der Waals surface area contributed by atoms with Gasteiger partial charge in [-0.15, -0.1) is 0 Å². The van der Waals surface area contributed by atoms with Crippen molar-refractivity contribution >= 4 is 22.7 Å². The van der Waals surface area contributed by atoms with Gasteiger partial charge in [0, 0.05) is 35.1 Å². The molecule has 2 aliphatic heterocycles. The lowest BCUT2D eigenvalue weighted by atomic mass is 9.86. The Labute approximate surface area is 209 Å². The molecule has 2 unspecified atom stereocenters. The minimum Gasteiger partial charge on any atom is -0.497 e. The number of hydrogen-bond donors (Lipinski definition) is 1. The number of rotatable bonds is 5. The van der Waals surface area contributed by atoms with Gasteiger partial charge in [-0.3, -0.25) is 9.59 Å². The van der Waals surface area contributed by atoms with Crippen LogP contribution < -0.4 is 9.47 Å². The topological polar surface area (TPSA) is 74.9 Å². The number of methoxy groups -OCH3 is 2. The van der Waals surface area contributed by atoms with Crippen molar-refractivity contribution in [2.45, 2.75) is 25.0 Å². The highest BCUT2D eigenvalue weighted by Gasteiger charge is 2.48. The zero-order valence-electron chi connectivity index (χ0n) is 20.2. The highest BCUT2D eigenvalue weighted by atomic mass is 16.5.